The third kappa shape index (κ3) is 14.4. The van der Waals surface area contributed by atoms with E-state index >= 15 is 0 Å². The molecule has 0 fully saturated rings. The summed E-state index contributed by atoms with van der Waals surface area (Å²) in [6.07, 6.45) is 6.91. The van der Waals surface area contributed by atoms with Gasteiger partial charge in [-0.25, -0.2) is 0 Å². The number of methoxy groups -OCH3 is 1. The molecule has 0 amide bonds. The van der Waals surface area contributed by atoms with Crippen molar-refractivity contribution in [3.05, 3.63) is 102 Å². The molecule has 3 rings (SSSR count). The first-order valence-electron chi connectivity index (χ1n) is 14.3. The van der Waals surface area contributed by atoms with Crippen LogP contribution in [0.4, 0.5) is 0 Å². The fraction of sp³-hybridized carbons (Fsp3) is 0.343. The molecule has 0 unspecified atom stereocenters. The Morgan fingerprint density at radius 2 is 1.48 bits per heavy atom. The summed E-state index contributed by atoms with van der Waals surface area (Å²) in [5.41, 5.74) is 9.35. The molecule has 3 aromatic rings. The Hall–Kier alpha value is -4.23. The Morgan fingerprint density at radius 1 is 0.833 bits per heavy atom. The Labute approximate surface area is 249 Å². The molecule has 42 heavy (non-hydrogen) atoms. The van der Waals surface area contributed by atoms with E-state index in [2.05, 4.69) is 0 Å². The van der Waals surface area contributed by atoms with E-state index in [-0.39, 0.29) is 17.5 Å². The normalized spacial score (nSPS) is 11.2. The third-order valence-electron chi connectivity index (χ3n) is 6.25. The molecule has 224 valence electrons. The van der Waals surface area contributed by atoms with E-state index in [0.29, 0.717) is 38.9 Å². The molecule has 0 aromatic heterocycles. The van der Waals surface area contributed by atoms with Crippen LogP contribution in [0.1, 0.15) is 56.2 Å². The number of Topliss-reactive ketones (excluding diaryl/α,β-unsaturated/α-hetero) is 1. The van der Waals surface area contributed by atoms with Crippen molar-refractivity contribution < 1.29 is 28.6 Å². The number of aryl methyl sites for hydroxylation is 1. The van der Waals surface area contributed by atoms with Gasteiger partial charge in [0.05, 0.1) is 26.4 Å². The molecule has 0 saturated heterocycles. The number of nitrogens with two attached hydrogens (primary N) is 1. The molecule has 0 radical (unpaired) electrons. The number of esters is 1. The van der Waals surface area contributed by atoms with E-state index in [1.165, 1.54) is 5.56 Å². The van der Waals surface area contributed by atoms with Crippen LogP contribution in [0.5, 0.6) is 11.5 Å². The first-order chi connectivity index (χ1) is 20.3. The largest absolute Gasteiger partial charge is 0.497 e. The minimum atomic E-state index is -0.507. The predicted molar refractivity (Wildman–Crippen MR) is 167 cm³/mol. The monoisotopic (exact) mass is 573 g/mol. The number of hydrogen-bond acceptors (Lipinski definition) is 7. The number of ketones is 2. The minimum Gasteiger partial charge on any atom is -0.497 e. The van der Waals surface area contributed by atoms with Gasteiger partial charge in [0.1, 0.15) is 17.3 Å². The minimum absolute atomic E-state index is 0.0767. The van der Waals surface area contributed by atoms with E-state index in [1.54, 1.807) is 27.0 Å². The van der Waals surface area contributed by atoms with E-state index in [4.69, 9.17) is 19.9 Å². The van der Waals surface area contributed by atoms with Crippen LogP contribution in [0.15, 0.2) is 84.9 Å². The van der Waals surface area contributed by atoms with Crippen molar-refractivity contribution in [3.8, 4) is 11.5 Å². The highest BCUT2D eigenvalue weighted by Crippen LogP contribution is 2.16. The van der Waals surface area contributed by atoms with E-state index in [9.17, 15) is 14.4 Å². The lowest BCUT2D eigenvalue weighted by Crippen LogP contribution is -2.32. The molecular formula is C35H43NO6. The zero-order valence-electron chi connectivity index (χ0n) is 24.9. The van der Waals surface area contributed by atoms with Crippen LogP contribution in [-0.2, 0) is 32.0 Å². The van der Waals surface area contributed by atoms with Crippen molar-refractivity contribution in [2.45, 2.75) is 58.4 Å². The summed E-state index contributed by atoms with van der Waals surface area (Å²) in [7, 11) is 1.64. The summed E-state index contributed by atoms with van der Waals surface area (Å²) in [5.74, 6) is 1.51. The molecule has 7 heteroatoms. The summed E-state index contributed by atoms with van der Waals surface area (Å²) in [6.45, 7) is 4.18. The highest BCUT2D eigenvalue weighted by molar-refractivity contribution is 5.91. The Kier molecular flexibility index (Phi) is 16.0. The van der Waals surface area contributed by atoms with E-state index < -0.39 is 6.04 Å². The van der Waals surface area contributed by atoms with Crippen LogP contribution in [0.2, 0.25) is 0 Å². The number of rotatable bonds is 16. The lowest BCUT2D eigenvalue weighted by Gasteiger charge is -2.12. The molecule has 0 aliphatic rings. The van der Waals surface area contributed by atoms with Crippen LogP contribution >= 0.6 is 0 Å². The van der Waals surface area contributed by atoms with Gasteiger partial charge in [-0.2, -0.15) is 0 Å². The standard InChI is InChI=1S/C25H33NO5.C10H10O/c1-3-30-25(28)8-5-17-31-22-15-11-20(12-16-22)18-23(26)24(27)7-4-6-19-9-13-21(29-2)14-10-19;1-9(11)7-8-10-5-3-2-4-6-10/h9-16,23H,3-8,17-18,26H2,1-2H3;2-8H,1H3/b;8-7+/t23-;/m0./s1. The van der Waals surface area contributed by atoms with Gasteiger partial charge in [0.2, 0.25) is 0 Å². The number of ether oxygens (including phenoxy) is 3. The Morgan fingerprint density at radius 3 is 2.10 bits per heavy atom. The van der Waals surface area contributed by atoms with E-state index in [0.717, 1.165) is 35.5 Å². The van der Waals surface area contributed by atoms with Gasteiger partial charge in [0.15, 0.2) is 5.78 Å². The van der Waals surface area contributed by atoms with Gasteiger partial charge in [-0.1, -0.05) is 60.7 Å². The fourth-order valence-corrected chi connectivity index (χ4v) is 3.95. The predicted octanol–water partition coefficient (Wildman–Crippen LogP) is 6.17. The second kappa shape index (κ2) is 19.8. The molecular weight excluding hydrogens is 530 g/mol. The highest BCUT2D eigenvalue weighted by atomic mass is 16.5. The van der Waals surface area contributed by atoms with Gasteiger partial charge >= 0.3 is 5.97 Å². The second-order valence-electron chi connectivity index (χ2n) is 9.73. The van der Waals surface area contributed by atoms with Gasteiger partial charge in [-0.15, -0.1) is 0 Å². The molecule has 0 bridgehead atoms. The maximum Gasteiger partial charge on any atom is 0.305 e. The molecule has 0 spiro atoms. The molecule has 0 saturated carbocycles. The van der Waals surface area contributed by atoms with Crippen LogP contribution in [0.25, 0.3) is 6.08 Å². The van der Waals surface area contributed by atoms with Crippen molar-refractivity contribution >= 4 is 23.6 Å². The quantitative estimate of drug-likeness (QED) is 0.124. The smallest absolute Gasteiger partial charge is 0.305 e. The summed E-state index contributed by atoms with van der Waals surface area (Å²) in [4.78, 5) is 34.2. The maximum atomic E-state index is 12.4. The van der Waals surface area contributed by atoms with Crippen molar-refractivity contribution in [2.24, 2.45) is 5.73 Å². The third-order valence-corrected chi connectivity index (χ3v) is 6.25. The van der Waals surface area contributed by atoms with Gasteiger partial charge in [0, 0.05) is 12.8 Å². The Balaban J connectivity index is 0.000000468. The lowest BCUT2D eigenvalue weighted by molar-refractivity contribution is -0.143. The summed E-state index contributed by atoms with van der Waals surface area (Å²) in [6, 6.07) is 24.7. The van der Waals surface area contributed by atoms with Gasteiger partial charge in [-0.05, 0) is 86.6 Å². The molecule has 0 heterocycles. The number of hydrogen-bond donors (Lipinski definition) is 1. The van der Waals surface area contributed by atoms with Crippen LogP contribution < -0.4 is 15.2 Å². The molecule has 0 aliphatic carbocycles. The maximum absolute atomic E-state index is 12.4. The molecule has 3 aromatic carbocycles. The van der Waals surface area contributed by atoms with Crippen LogP contribution in [-0.4, -0.2) is 43.9 Å². The molecule has 1 atom stereocenters. The molecule has 2 N–H and O–H groups in total. The van der Waals surface area contributed by atoms with Gasteiger partial charge < -0.3 is 19.9 Å². The Bertz CT molecular complexity index is 1240. The highest BCUT2D eigenvalue weighted by Gasteiger charge is 2.14. The average molecular weight is 574 g/mol. The zero-order valence-corrected chi connectivity index (χ0v) is 24.9. The number of carbonyl (C=O) groups is 3. The number of allylic oxidation sites excluding steroid dienone is 1. The summed E-state index contributed by atoms with van der Waals surface area (Å²) < 4.78 is 15.7. The van der Waals surface area contributed by atoms with Crippen molar-refractivity contribution in [2.75, 3.05) is 20.3 Å². The topological polar surface area (TPSA) is 105 Å². The van der Waals surface area contributed by atoms with Crippen molar-refractivity contribution in [1.29, 1.82) is 0 Å². The number of carbonyl (C=O) groups excluding carboxylic acids is 3. The zero-order chi connectivity index (χ0) is 30.6. The summed E-state index contributed by atoms with van der Waals surface area (Å²) >= 11 is 0. The molecule has 7 nitrogen and oxygen atoms in total. The first-order valence-corrected chi connectivity index (χ1v) is 14.3. The van der Waals surface area contributed by atoms with Crippen molar-refractivity contribution in [3.63, 3.8) is 0 Å². The molecule has 0 aliphatic heterocycles. The fourth-order valence-electron chi connectivity index (χ4n) is 3.95. The van der Waals surface area contributed by atoms with Crippen LogP contribution in [0.3, 0.4) is 0 Å². The second-order valence-corrected chi connectivity index (χ2v) is 9.73. The van der Waals surface area contributed by atoms with Gasteiger partial charge in [0.25, 0.3) is 0 Å². The number of benzene rings is 3. The van der Waals surface area contributed by atoms with E-state index in [1.807, 2.05) is 84.9 Å². The van der Waals surface area contributed by atoms with Crippen LogP contribution in [0, 0.1) is 0 Å². The van der Waals surface area contributed by atoms with Crippen molar-refractivity contribution in [1.82, 2.24) is 0 Å². The lowest BCUT2D eigenvalue weighted by atomic mass is 9.98. The first kappa shape index (κ1) is 34.0. The van der Waals surface area contributed by atoms with Gasteiger partial charge in [-0.3, -0.25) is 14.4 Å². The summed E-state index contributed by atoms with van der Waals surface area (Å²) in [5, 5.41) is 0. The average Bonchev–Trinajstić information content (AvgIpc) is 3.00. The SMILES string of the molecule is CC(=O)/C=C/c1ccccc1.CCOC(=O)CCCOc1ccc(C[C@H](N)C(=O)CCCc2ccc(OC)cc2)cc1.